The number of benzene rings is 2. The quantitative estimate of drug-likeness (QED) is 0.751. The number of nitriles is 1. The number of nitrogens with zero attached hydrogens (tertiary/aromatic N) is 2. The first-order valence-electron chi connectivity index (χ1n) is 4.93. The van der Waals surface area contributed by atoms with Crippen molar-refractivity contribution in [3.63, 3.8) is 0 Å². The molecule has 0 amide bonds. The molecule has 0 saturated carbocycles. The maximum absolute atomic E-state index is 9.07. The van der Waals surface area contributed by atoms with Crippen LogP contribution < -0.4 is 4.90 Å². The summed E-state index contributed by atoms with van der Waals surface area (Å²) in [5.74, 6) is 0. The second kappa shape index (κ2) is 4.03. The molecule has 0 unspecified atom stereocenters. The predicted molar refractivity (Wildman–Crippen MR) is 68.0 cm³/mol. The minimum Gasteiger partial charge on any atom is -0.377 e. The van der Waals surface area contributed by atoms with Crippen molar-refractivity contribution >= 4 is 28.1 Å². The van der Waals surface area contributed by atoms with Gasteiger partial charge in [-0.25, -0.2) is 0 Å². The van der Waals surface area contributed by atoms with E-state index < -0.39 is 0 Å². The smallest absolute Gasteiger partial charge is 0.0998 e. The van der Waals surface area contributed by atoms with E-state index in [2.05, 4.69) is 6.07 Å². The molecule has 0 heterocycles. The second-order valence-corrected chi connectivity index (χ2v) is 4.27. The van der Waals surface area contributed by atoms with Crippen LogP contribution in [0.2, 0.25) is 5.02 Å². The summed E-state index contributed by atoms with van der Waals surface area (Å²) in [5, 5.41) is 11.6. The van der Waals surface area contributed by atoms with Crippen LogP contribution in [-0.4, -0.2) is 14.1 Å². The summed E-state index contributed by atoms with van der Waals surface area (Å²) in [6, 6.07) is 11.7. The van der Waals surface area contributed by atoms with Gasteiger partial charge >= 0.3 is 0 Å². The molecule has 3 heteroatoms. The van der Waals surface area contributed by atoms with Gasteiger partial charge in [-0.1, -0.05) is 23.7 Å². The van der Waals surface area contributed by atoms with E-state index in [4.69, 9.17) is 16.9 Å². The summed E-state index contributed by atoms with van der Waals surface area (Å²) in [6.45, 7) is 0. The molecule has 0 aliphatic rings. The molecule has 2 rings (SSSR count). The lowest BCUT2D eigenvalue weighted by molar-refractivity contribution is 1.14. The summed E-state index contributed by atoms with van der Waals surface area (Å²) in [4.78, 5) is 2.01. The van der Waals surface area contributed by atoms with E-state index in [-0.39, 0.29) is 0 Å². The van der Waals surface area contributed by atoms with Crippen LogP contribution in [0.3, 0.4) is 0 Å². The Bertz CT molecular complexity index is 582. The average Bonchev–Trinajstić information content (AvgIpc) is 2.26. The van der Waals surface area contributed by atoms with Crippen molar-refractivity contribution in [1.82, 2.24) is 0 Å². The van der Waals surface area contributed by atoms with Crippen molar-refractivity contribution in [2.24, 2.45) is 0 Å². The maximum Gasteiger partial charge on any atom is 0.0998 e. The molecule has 2 nitrogen and oxygen atoms in total. The average molecular weight is 231 g/mol. The monoisotopic (exact) mass is 230 g/mol. The molecule has 0 atom stereocenters. The van der Waals surface area contributed by atoms with Gasteiger partial charge in [0.25, 0.3) is 0 Å². The van der Waals surface area contributed by atoms with Crippen molar-refractivity contribution in [2.75, 3.05) is 19.0 Å². The van der Waals surface area contributed by atoms with Crippen molar-refractivity contribution in [1.29, 1.82) is 5.26 Å². The van der Waals surface area contributed by atoms with E-state index in [1.165, 1.54) is 0 Å². The molecular weight excluding hydrogens is 220 g/mol. The Morgan fingerprint density at radius 3 is 2.56 bits per heavy atom. The third-order valence-corrected chi connectivity index (χ3v) is 2.76. The van der Waals surface area contributed by atoms with E-state index in [1.807, 2.05) is 43.3 Å². The molecule has 0 fully saturated rings. The van der Waals surface area contributed by atoms with Crippen LogP contribution in [0.1, 0.15) is 5.56 Å². The normalized spacial score (nSPS) is 10.1. The lowest BCUT2D eigenvalue weighted by Gasteiger charge is -2.15. The predicted octanol–water partition coefficient (Wildman–Crippen LogP) is 3.43. The standard InChI is InChI=1S/C13H11ClN2/c1-16(2)13-5-3-4-11-9(8-15)6-10(14)7-12(11)13/h3-7H,1-2H3. The van der Waals surface area contributed by atoms with Gasteiger partial charge in [0.15, 0.2) is 0 Å². The third-order valence-electron chi connectivity index (χ3n) is 2.54. The summed E-state index contributed by atoms with van der Waals surface area (Å²) in [5.41, 5.74) is 1.68. The minimum atomic E-state index is 0.596. The Morgan fingerprint density at radius 2 is 1.94 bits per heavy atom. The molecule has 16 heavy (non-hydrogen) atoms. The Kier molecular flexibility index (Phi) is 2.72. The maximum atomic E-state index is 9.07. The van der Waals surface area contributed by atoms with Crippen LogP contribution in [0.5, 0.6) is 0 Å². The van der Waals surface area contributed by atoms with Crippen LogP contribution in [0.15, 0.2) is 30.3 Å². The molecule has 0 aliphatic carbocycles. The Labute approximate surface area is 99.7 Å². The molecule has 0 aromatic heterocycles. The van der Waals surface area contributed by atoms with Gasteiger partial charge in [0.1, 0.15) is 0 Å². The summed E-state index contributed by atoms with van der Waals surface area (Å²) >= 11 is 6.01. The Balaban J connectivity index is 2.89. The number of hydrogen-bond acceptors (Lipinski definition) is 2. The molecule has 0 aliphatic heterocycles. The molecule has 0 saturated heterocycles. The highest BCUT2D eigenvalue weighted by molar-refractivity contribution is 6.31. The molecule has 0 bridgehead atoms. The summed E-state index contributed by atoms with van der Waals surface area (Å²) in [6.07, 6.45) is 0. The van der Waals surface area contributed by atoms with Gasteiger partial charge in [-0.2, -0.15) is 5.26 Å². The lowest BCUT2D eigenvalue weighted by Crippen LogP contribution is -2.08. The molecule has 80 valence electrons. The summed E-state index contributed by atoms with van der Waals surface area (Å²) in [7, 11) is 3.95. The van der Waals surface area contributed by atoms with Crippen LogP contribution in [0.25, 0.3) is 10.8 Å². The first kappa shape index (κ1) is 10.8. The van der Waals surface area contributed by atoms with Gasteiger partial charge in [0.05, 0.1) is 11.6 Å². The number of fused-ring (bicyclic) bond motifs is 1. The largest absolute Gasteiger partial charge is 0.377 e. The fourth-order valence-electron chi connectivity index (χ4n) is 1.82. The van der Waals surface area contributed by atoms with Gasteiger partial charge in [-0.05, 0) is 18.2 Å². The number of hydrogen-bond donors (Lipinski definition) is 0. The molecule has 2 aromatic rings. The van der Waals surface area contributed by atoms with E-state index >= 15 is 0 Å². The number of anilines is 1. The fraction of sp³-hybridized carbons (Fsp3) is 0.154. The lowest BCUT2D eigenvalue weighted by atomic mass is 10.0. The van der Waals surface area contributed by atoms with Gasteiger partial charge in [-0.3, -0.25) is 0 Å². The fourth-order valence-corrected chi connectivity index (χ4v) is 2.04. The highest BCUT2D eigenvalue weighted by Crippen LogP contribution is 2.30. The van der Waals surface area contributed by atoms with Crippen LogP contribution >= 0.6 is 11.6 Å². The Morgan fingerprint density at radius 1 is 1.19 bits per heavy atom. The highest BCUT2D eigenvalue weighted by Gasteiger charge is 2.07. The van der Waals surface area contributed by atoms with Crippen LogP contribution in [-0.2, 0) is 0 Å². The SMILES string of the molecule is CN(C)c1cccc2c(C#N)cc(Cl)cc12. The van der Waals surface area contributed by atoms with Gasteiger partial charge in [0, 0.05) is 35.6 Å². The molecule has 0 radical (unpaired) electrons. The third kappa shape index (κ3) is 1.70. The van der Waals surface area contributed by atoms with Crippen molar-refractivity contribution in [3.05, 3.63) is 40.9 Å². The Hall–Kier alpha value is -1.72. The number of halogens is 1. The van der Waals surface area contributed by atoms with E-state index in [0.29, 0.717) is 10.6 Å². The first-order chi connectivity index (χ1) is 7.63. The van der Waals surface area contributed by atoms with Crippen molar-refractivity contribution in [3.8, 4) is 6.07 Å². The zero-order valence-corrected chi connectivity index (χ0v) is 9.92. The van der Waals surface area contributed by atoms with Gasteiger partial charge in [0.2, 0.25) is 0 Å². The zero-order valence-electron chi connectivity index (χ0n) is 9.16. The van der Waals surface area contributed by atoms with E-state index in [0.717, 1.165) is 16.5 Å². The van der Waals surface area contributed by atoms with Crippen molar-refractivity contribution < 1.29 is 0 Å². The topological polar surface area (TPSA) is 27.0 Å². The minimum absolute atomic E-state index is 0.596. The van der Waals surface area contributed by atoms with Crippen LogP contribution in [0, 0.1) is 11.3 Å². The van der Waals surface area contributed by atoms with Gasteiger partial charge < -0.3 is 4.90 Å². The summed E-state index contributed by atoms with van der Waals surface area (Å²) < 4.78 is 0. The van der Waals surface area contributed by atoms with E-state index in [1.54, 1.807) is 6.07 Å². The molecule has 2 aromatic carbocycles. The number of rotatable bonds is 1. The zero-order chi connectivity index (χ0) is 11.7. The second-order valence-electron chi connectivity index (χ2n) is 3.83. The molecule has 0 spiro atoms. The van der Waals surface area contributed by atoms with E-state index in [9.17, 15) is 0 Å². The first-order valence-corrected chi connectivity index (χ1v) is 5.31. The van der Waals surface area contributed by atoms with Crippen molar-refractivity contribution in [2.45, 2.75) is 0 Å². The highest BCUT2D eigenvalue weighted by atomic mass is 35.5. The van der Waals surface area contributed by atoms with Crippen LogP contribution in [0.4, 0.5) is 5.69 Å². The van der Waals surface area contributed by atoms with Gasteiger partial charge in [-0.15, -0.1) is 0 Å². The molecule has 0 N–H and O–H groups in total. The molecular formula is C13H11ClN2.